The van der Waals surface area contributed by atoms with Gasteiger partial charge in [0.2, 0.25) is 5.91 Å². The number of carbonyl (C=O) groups is 2. The molecule has 0 aliphatic heterocycles. The van der Waals surface area contributed by atoms with E-state index in [4.69, 9.17) is 4.74 Å². The minimum Gasteiger partial charge on any atom is -0.466 e. The first kappa shape index (κ1) is 58.3. The topological polar surface area (TPSA) is 95.9 Å². The van der Waals surface area contributed by atoms with E-state index >= 15 is 0 Å². The number of unbranched alkanes of at least 4 members (excludes halogenated alkanes) is 36. The van der Waals surface area contributed by atoms with Gasteiger partial charge in [0.25, 0.3) is 0 Å². The number of aliphatic hydroxyl groups excluding tert-OH is 2. The highest BCUT2D eigenvalue weighted by Crippen LogP contribution is 2.16. The number of hydrogen-bond acceptors (Lipinski definition) is 5. The van der Waals surface area contributed by atoms with Gasteiger partial charge in [-0.25, -0.2) is 0 Å². The Morgan fingerprint density at radius 3 is 1.18 bits per heavy atom. The third-order valence-corrected chi connectivity index (χ3v) is 12.2. The molecule has 2 atom stereocenters. The first-order valence-electron chi connectivity index (χ1n) is 26.6. The van der Waals surface area contributed by atoms with Crippen LogP contribution in [0, 0.1) is 0 Å². The van der Waals surface area contributed by atoms with Gasteiger partial charge in [0.15, 0.2) is 0 Å². The molecule has 0 aliphatic carbocycles. The van der Waals surface area contributed by atoms with Crippen LogP contribution in [0.25, 0.3) is 0 Å². The lowest BCUT2D eigenvalue weighted by Gasteiger charge is -2.20. The van der Waals surface area contributed by atoms with Gasteiger partial charge in [0.1, 0.15) is 0 Å². The summed E-state index contributed by atoms with van der Waals surface area (Å²) in [6.07, 6.45) is 59.0. The van der Waals surface area contributed by atoms with Crippen molar-refractivity contribution in [1.29, 1.82) is 0 Å². The highest BCUT2D eigenvalue weighted by Gasteiger charge is 2.18. The Bertz CT molecular complexity index is 935. The van der Waals surface area contributed by atoms with Crippen LogP contribution in [0.3, 0.4) is 0 Å². The Kier molecular flexibility index (Phi) is 48.6. The molecule has 1 amide bonds. The molecule has 0 radical (unpaired) electrons. The van der Waals surface area contributed by atoms with Gasteiger partial charge in [0, 0.05) is 12.8 Å². The molecule has 0 heterocycles. The molecule has 0 aromatic heterocycles. The maximum atomic E-state index is 12.4. The van der Waals surface area contributed by atoms with Crippen molar-refractivity contribution in [2.24, 2.45) is 0 Å². The smallest absolute Gasteiger partial charge is 0.305 e. The van der Waals surface area contributed by atoms with E-state index in [9.17, 15) is 19.8 Å². The van der Waals surface area contributed by atoms with E-state index in [0.29, 0.717) is 19.4 Å². The average molecular weight is 846 g/mol. The van der Waals surface area contributed by atoms with Gasteiger partial charge < -0.3 is 20.3 Å². The molecular weight excluding hydrogens is 743 g/mol. The van der Waals surface area contributed by atoms with E-state index in [1.807, 2.05) is 6.08 Å². The number of ether oxygens (including phenoxy) is 1. The second-order valence-electron chi connectivity index (χ2n) is 18.2. The molecule has 0 aromatic carbocycles. The molecule has 0 saturated carbocycles. The van der Waals surface area contributed by atoms with Crippen LogP contribution in [0.1, 0.15) is 284 Å². The summed E-state index contributed by atoms with van der Waals surface area (Å²) >= 11 is 0. The van der Waals surface area contributed by atoms with E-state index in [2.05, 4.69) is 31.3 Å². The second-order valence-corrected chi connectivity index (χ2v) is 18.2. The number of nitrogens with one attached hydrogen (secondary N) is 1. The van der Waals surface area contributed by atoms with Crippen LogP contribution in [0.15, 0.2) is 24.3 Å². The van der Waals surface area contributed by atoms with Crippen molar-refractivity contribution in [3.63, 3.8) is 0 Å². The summed E-state index contributed by atoms with van der Waals surface area (Å²) in [7, 11) is 0. The third-order valence-electron chi connectivity index (χ3n) is 12.2. The van der Waals surface area contributed by atoms with Crippen molar-refractivity contribution in [2.75, 3.05) is 13.2 Å². The van der Waals surface area contributed by atoms with Gasteiger partial charge in [-0.2, -0.15) is 0 Å². The van der Waals surface area contributed by atoms with Crippen LogP contribution in [0.5, 0.6) is 0 Å². The quantitative estimate of drug-likeness (QED) is 0.0322. The van der Waals surface area contributed by atoms with Gasteiger partial charge in [-0.3, -0.25) is 9.59 Å². The minimum atomic E-state index is -0.852. The molecule has 60 heavy (non-hydrogen) atoms. The molecule has 6 nitrogen and oxygen atoms in total. The summed E-state index contributed by atoms with van der Waals surface area (Å²) in [6.45, 7) is 4.88. The van der Waals surface area contributed by atoms with E-state index in [-0.39, 0.29) is 18.5 Å². The predicted octanol–water partition coefficient (Wildman–Crippen LogP) is 15.9. The minimum absolute atomic E-state index is 0.00153. The van der Waals surface area contributed by atoms with Crippen LogP contribution in [0.4, 0.5) is 0 Å². The molecule has 6 heteroatoms. The lowest BCUT2D eigenvalue weighted by molar-refractivity contribution is -0.143. The third kappa shape index (κ3) is 45.9. The van der Waals surface area contributed by atoms with Crippen LogP contribution in [-0.4, -0.2) is 47.4 Å². The van der Waals surface area contributed by atoms with Crippen molar-refractivity contribution in [2.45, 2.75) is 296 Å². The summed E-state index contributed by atoms with van der Waals surface area (Å²) in [5.41, 5.74) is 0. The Morgan fingerprint density at radius 2 is 0.783 bits per heavy atom. The summed E-state index contributed by atoms with van der Waals surface area (Å²) in [5.74, 6) is -0.0806. The van der Waals surface area contributed by atoms with Crippen LogP contribution >= 0.6 is 0 Å². The summed E-state index contributed by atoms with van der Waals surface area (Å²) < 4.78 is 5.45. The molecule has 2 unspecified atom stereocenters. The molecule has 0 bridgehead atoms. The van der Waals surface area contributed by atoms with Crippen LogP contribution in [-0.2, 0) is 14.3 Å². The SMILES string of the molecule is CCCCCCCCCCCCCC/C=C/C(O)C(CO)NC(=O)CCCCCCC/C=C\CCCCCCCCCCCOC(=O)CCCCCCCCCCCCC. The van der Waals surface area contributed by atoms with Crippen molar-refractivity contribution in [3.05, 3.63) is 24.3 Å². The average Bonchev–Trinajstić information content (AvgIpc) is 3.25. The maximum absolute atomic E-state index is 12.4. The highest BCUT2D eigenvalue weighted by atomic mass is 16.5. The summed E-state index contributed by atoms with van der Waals surface area (Å²) in [4.78, 5) is 24.4. The van der Waals surface area contributed by atoms with Crippen LogP contribution < -0.4 is 5.32 Å². The van der Waals surface area contributed by atoms with Gasteiger partial charge in [-0.1, -0.05) is 237 Å². The van der Waals surface area contributed by atoms with Crippen molar-refractivity contribution in [1.82, 2.24) is 5.32 Å². The Hall–Kier alpha value is -1.66. The first-order chi connectivity index (χ1) is 29.5. The number of esters is 1. The lowest BCUT2D eigenvalue weighted by atomic mass is 10.0. The lowest BCUT2D eigenvalue weighted by Crippen LogP contribution is -2.45. The van der Waals surface area contributed by atoms with Gasteiger partial charge in [0.05, 0.1) is 25.4 Å². The fourth-order valence-electron chi connectivity index (χ4n) is 8.10. The monoisotopic (exact) mass is 846 g/mol. The highest BCUT2D eigenvalue weighted by molar-refractivity contribution is 5.76. The largest absolute Gasteiger partial charge is 0.466 e. The van der Waals surface area contributed by atoms with Crippen molar-refractivity contribution >= 4 is 11.9 Å². The summed E-state index contributed by atoms with van der Waals surface area (Å²) in [6, 6.07) is -0.636. The van der Waals surface area contributed by atoms with E-state index in [1.165, 1.54) is 199 Å². The zero-order chi connectivity index (χ0) is 43.7. The van der Waals surface area contributed by atoms with Gasteiger partial charge in [-0.05, 0) is 57.8 Å². The van der Waals surface area contributed by atoms with Crippen molar-refractivity contribution < 1.29 is 24.5 Å². The summed E-state index contributed by atoms with van der Waals surface area (Å²) in [5, 5.41) is 23.0. The van der Waals surface area contributed by atoms with Gasteiger partial charge >= 0.3 is 5.97 Å². The van der Waals surface area contributed by atoms with Gasteiger partial charge in [-0.15, -0.1) is 0 Å². The molecule has 0 saturated heterocycles. The van der Waals surface area contributed by atoms with E-state index < -0.39 is 12.1 Å². The number of allylic oxidation sites excluding steroid dienone is 3. The van der Waals surface area contributed by atoms with E-state index in [0.717, 1.165) is 57.8 Å². The molecule has 0 aromatic rings. The predicted molar refractivity (Wildman–Crippen MR) is 260 cm³/mol. The molecule has 0 aliphatic rings. The molecule has 3 N–H and O–H groups in total. The first-order valence-corrected chi connectivity index (χ1v) is 26.6. The number of rotatable bonds is 49. The fourth-order valence-corrected chi connectivity index (χ4v) is 8.10. The Balaban J connectivity index is 3.49. The van der Waals surface area contributed by atoms with Crippen LogP contribution in [0.2, 0.25) is 0 Å². The fraction of sp³-hybridized carbons (Fsp3) is 0.889. The normalized spacial score (nSPS) is 12.8. The molecule has 0 fully saturated rings. The Morgan fingerprint density at radius 1 is 0.450 bits per heavy atom. The number of carbonyl (C=O) groups excluding carboxylic acids is 2. The maximum Gasteiger partial charge on any atom is 0.305 e. The number of amides is 1. The second kappa shape index (κ2) is 50.0. The molecular formula is C54H103NO5. The zero-order valence-corrected chi connectivity index (χ0v) is 40.2. The van der Waals surface area contributed by atoms with Crippen molar-refractivity contribution in [3.8, 4) is 0 Å². The standard InChI is InChI=1S/C54H103NO5/c1-3-5-7-9-11-13-15-16-23-27-30-34-38-42-46-52(57)51(50-56)55-53(58)47-43-39-35-31-28-24-21-19-17-18-20-22-25-29-33-37-41-45-49-60-54(59)48-44-40-36-32-26-14-12-10-8-6-4-2/h19,21,42,46,51-52,56-57H,3-18,20,22-41,43-45,47-50H2,1-2H3,(H,55,58)/b21-19-,46-42+. The number of aliphatic hydroxyl groups is 2. The Labute approximate surface area is 373 Å². The van der Waals surface area contributed by atoms with E-state index in [1.54, 1.807) is 6.08 Å². The molecule has 354 valence electrons. The molecule has 0 spiro atoms. The molecule has 0 rings (SSSR count). The number of hydrogen-bond donors (Lipinski definition) is 3. The zero-order valence-electron chi connectivity index (χ0n) is 40.2.